The largest absolute Gasteiger partial charge is 0.495 e. The molecule has 0 aromatic heterocycles. The zero-order valence-corrected chi connectivity index (χ0v) is 10.5. The Hall–Kier alpha value is -1.42. The van der Waals surface area contributed by atoms with Gasteiger partial charge in [-0.3, -0.25) is 0 Å². The summed E-state index contributed by atoms with van der Waals surface area (Å²) < 4.78 is 10.9. The predicted octanol–water partition coefficient (Wildman–Crippen LogP) is 1.89. The number of nitrogens with zero attached hydrogens (tertiary/aromatic N) is 1. The number of nitrogen functional groups attached to an aromatic ring is 1. The number of ether oxygens (including phenoxy) is 2. The number of para-hydroxylation sites is 1. The normalized spacial score (nSPS) is 21.1. The van der Waals surface area contributed by atoms with E-state index in [0.717, 1.165) is 37.6 Å². The van der Waals surface area contributed by atoms with E-state index in [1.807, 2.05) is 18.2 Å². The molecule has 2 N–H and O–H groups in total. The first-order valence-electron chi connectivity index (χ1n) is 6.01. The molecular formula is C13H20N2O2. The second-order valence-corrected chi connectivity index (χ2v) is 4.37. The molecule has 1 saturated heterocycles. The summed E-state index contributed by atoms with van der Waals surface area (Å²) in [7, 11) is 1.64. The maximum absolute atomic E-state index is 6.11. The Labute approximate surface area is 102 Å². The maximum Gasteiger partial charge on any atom is 0.143 e. The van der Waals surface area contributed by atoms with Crippen LogP contribution >= 0.6 is 0 Å². The summed E-state index contributed by atoms with van der Waals surface area (Å²) in [5.41, 5.74) is 7.87. The molecule has 1 aromatic carbocycles. The van der Waals surface area contributed by atoms with Crippen molar-refractivity contribution in [3.63, 3.8) is 0 Å². The lowest BCUT2D eigenvalue weighted by atomic mass is 10.2. The molecule has 1 heterocycles. The summed E-state index contributed by atoms with van der Waals surface area (Å²) in [5, 5.41) is 0. The second kappa shape index (κ2) is 5.27. The van der Waals surface area contributed by atoms with Crippen LogP contribution in [0.1, 0.15) is 13.3 Å². The Morgan fingerprint density at radius 2 is 2.29 bits per heavy atom. The first-order valence-corrected chi connectivity index (χ1v) is 6.01. The van der Waals surface area contributed by atoms with E-state index in [1.165, 1.54) is 0 Å². The van der Waals surface area contributed by atoms with Crippen molar-refractivity contribution in [2.24, 2.45) is 0 Å². The molecule has 0 aliphatic carbocycles. The lowest BCUT2D eigenvalue weighted by Gasteiger charge is -2.26. The fourth-order valence-electron chi connectivity index (χ4n) is 2.20. The number of hydrogen-bond acceptors (Lipinski definition) is 4. The molecule has 4 nitrogen and oxygen atoms in total. The Balaban J connectivity index is 2.25. The van der Waals surface area contributed by atoms with Gasteiger partial charge in [0.2, 0.25) is 0 Å². The van der Waals surface area contributed by atoms with Crippen molar-refractivity contribution in [2.45, 2.75) is 19.4 Å². The Bertz CT molecular complexity index is 382. The predicted molar refractivity (Wildman–Crippen MR) is 69.7 cm³/mol. The van der Waals surface area contributed by atoms with Crippen molar-refractivity contribution in [3.8, 4) is 5.75 Å². The molecule has 1 atom stereocenters. The highest BCUT2D eigenvalue weighted by molar-refractivity contribution is 5.74. The van der Waals surface area contributed by atoms with Gasteiger partial charge >= 0.3 is 0 Å². The Morgan fingerprint density at radius 1 is 1.47 bits per heavy atom. The number of methoxy groups -OCH3 is 1. The van der Waals surface area contributed by atoms with Gasteiger partial charge in [-0.2, -0.15) is 0 Å². The molecule has 0 saturated carbocycles. The van der Waals surface area contributed by atoms with E-state index in [9.17, 15) is 0 Å². The third-order valence-electron chi connectivity index (χ3n) is 3.06. The van der Waals surface area contributed by atoms with Crippen LogP contribution in [0.4, 0.5) is 11.4 Å². The maximum atomic E-state index is 6.11. The van der Waals surface area contributed by atoms with Crippen molar-refractivity contribution in [3.05, 3.63) is 18.2 Å². The standard InChI is InChI=1S/C13H20N2O2/c1-10-9-15(7-4-8-17-10)11-5-3-6-12(16-2)13(11)14/h3,5-6,10H,4,7-9,14H2,1-2H3. The smallest absolute Gasteiger partial charge is 0.143 e. The van der Waals surface area contributed by atoms with Crippen LogP contribution in [0, 0.1) is 0 Å². The fraction of sp³-hybridized carbons (Fsp3) is 0.538. The highest BCUT2D eigenvalue weighted by Crippen LogP contribution is 2.32. The Kier molecular flexibility index (Phi) is 3.74. The summed E-state index contributed by atoms with van der Waals surface area (Å²) in [6.07, 6.45) is 1.27. The lowest BCUT2D eigenvalue weighted by molar-refractivity contribution is 0.0821. The van der Waals surface area contributed by atoms with Gasteiger partial charge in [-0.1, -0.05) is 6.07 Å². The molecule has 2 rings (SSSR count). The van der Waals surface area contributed by atoms with Gasteiger partial charge in [0.05, 0.1) is 24.6 Å². The quantitative estimate of drug-likeness (QED) is 0.797. The topological polar surface area (TPSA) is 47.7 Å². The SMILES string of the molecule is COc1cccc(N2CCCOC(C)C2)c1N. The summed E-state index contributed by atoms with van der Waals surface area (Å²) in [6.45, 7) is 4.76. The van der Waals surface area contributed by atoms with Crippen LogP contribution in [0.15, 0.2) is 18.2 Å². The van der Waals surface area contributed by atoms with Crippen LogP contribution in [0.2, 0.25) is 0 Å². The molecular weight excluding hydrogens is 216 g/mol. The number of anilines is 2. The van der Waals surface area contributed by atoms with Crippen molar-refractivity contribution in [1.29, 1.82) is 0 Å². The van der Waals surface area contributed by atoms with Crippen LogP contribution < -0.4 is 15.4 Å². The van der Waals surface area contributed by atoms with E-state index in [1.54, 1.807) is 7.11 Å². The van der Waals surface area contributed by atoms with Gasteiger partial charge in [0.25, 0.3) is 0 Å². The van der Waals surface area contributed by atoms with Crippen molar-refractivity contribution < 1.29 is 9.47 Å². The highest BCUT2D eigenvalue weighted by Gasteiger charge is 2.18. The molecule has 0 radical (unpaired) electrons. The van der Waals surface area contributed by atoms with E-state index in [4.69, 9.17) is 15.2 Å². The molecule has 17 heavy (non-hydrogen) atoms. The van der Waals surface area contributed by atoms with Crippen molar-refractivity contribution >= 4 is 11.4 Å². The van der Waals surface area contributed by atoms with E-state index in [0.29, 0.717) is 5.69 Å². The van der Waals surface area contributed by atoms with Crippen molar-refractivity contribution in [2.75, 3.05) is 37.4 Å². The minimum Gasteiger partial charge on any atom is -0.495 e. The van der Waals surface area contributed by atoms with Gasteiger partial charge in [0, 0.05) is 19.7 Å². The summed E-state index contributed by atoms with van der Waals surface area (Å²) >= 11 is 0. The zero-order valence-electron chi connectivity index (χ0n) is 10.5. The van der Waals surface area contributed by atoms with Gasteiger partial charge in [0.1, 0.15) is 5.75 Å². The molecule has 1 aliphatic rings. The van der Waals surface area contributed by atoms with Crippen molar-refractivity contribution in [1.82, 2.24) is 0 Å². The summed E-state index contributed by atoms with van der Waals surface area (Å²) in [6, 6.07) is 5.90. The first-order chi connectivity index (χ1) is 8.22. The number of benzene rings is 1. The van der Waals surface area contributed by atoms with Gasteiger partial charge in [-0.15, -0.1) is 0 Å². The molecule has 0 amide bonds. The molecule has 94 valence electrons. The molecule has 1 aliphatic heterocycles. The number of nitrogens with two attached hydrogens (primary N) is 1. The molecule has 1 aromatic rings. The van der Waals surface area contributed by atoms with Gasteiger partial charge in [0.15, 0.2) is 0 Å². The molecule has 0 spiro atoms. The molecule has 4 heteroatoms. The van der Waals surface area contributed by atoms with Gasteiger partial charge < -0.3 is 20.1 Å². The minimum absolute atomic E-state index is 0.239. The third kappa shape index (κ3) is 2.64. The fourth-order valence-corrected chi connectivity index (χ4v) is 2.20. The van der Waals surface area contributed by atoms with E-state index in [2.05, 4.69) is 11.8 Å². The van der Waals surface area contributed by atoms with Crippen LogP contribution in [-0.2, 0) is 4.74 Å². The summed E-state index contributed by atoms with van der Waals surface area (Å²) in [4.78, 5) is 2.27. The minimum atomic E-state index is 0.239. The molecule has 0 bridgehead atoms. The lowest BCUT2D eigenvalue weighted by Crippen LogP contribution is -2.30. The van der Waals surface area contributed by atoms with E-state index in [-0.39, 0.29) is 6.10 Å². The highest BCUT2D eigenvalue weighted by atomic mass is 16.5. The number of hydrogen-bond donors (Lipinski definition) is 1. The van der Waals surface area contributed by atoms with Crippen LogP contribution in [0.3, 0.4) is 0 Å². The van der Waals surface area contributed by atoms with Crippen LogP contribution in [-0.4, -0.2) is 32.9 Å². The summed E-state index contributed by atoms with van der Waals surface area (Å²) in [5.74, 6) is 0.736. The van der Waals surface area contributed by atoms with Gasteiger partial charge in [-0.25, -0.2) is 0 Å². The van der Waals surface area contributed by atoms with Crippen LogP contribution in [0.25, 0.3) is 0 Å². The molecule has 1 fully saturated rings. The monoisotopic (exact) mass is 236 g/mol. The van der Waals surface area contributed by atoms with Gasteiger partial charge in [-0.05, 0) is 25.5 Å². The van der Waals surface area contributed by atoms with E-state index < -0.39 is 0 Å². The third-order valence-corrected chi connectivity index (χ3v) is 3.06. The van der Waals surface area contributed by atoms with E-state index >= 15 is 0 Å². The Morgan fingerprint density at radius 3 is 3.06 bits per heavy atom. The average Bonchev–Trinajstić information content (AvgIpc) is 2.54. The zero-order chi connectivity index (χ0) is 12.3. The average molecular weight is 236 g/mol. The first kappa shape index (κ1) is 12.0. The molecule has 1 unspecified atom stereocenters. The number of rotatable bonds is 2. The second-order valence-electron chi connectivity index (χ2n) is 4.37. The van der Waals surface area contributed by atoms with Crippen LogP contribution in [0.5, 0.6) is 5.75 Å².